The molecule has 1 rings (SSSR count). The molecule has 4 nitrogen and oxygen atoms in total. The van der Waals surface area contributed by atoms with Gasteiger partial charge in [-0.1, -0.05) is 24.6 Å². The molecule has 0 saturated carbocycles. The average molecular weight is 243 g/mol. The number of nitrogens with one attached hydrogen (secondary N) is 1. The van der Waals surface area contributed by atoms with Crippen molar-refractivity contribution >= 4 is 17.5 Å². The van der Waals surface area contributed by atoms with Crippen molar-refractivity contribution in [3.05, 3.63) is 29.0 Å². The van der Waals surface area contributed by atoms with Gasteiger partial charge in [-0.3, -0.25) is 4.79 Å². The van der Waals surface area contributed by atoms with Crippen molar-refractivity contribution in [3.63, 3.8) is 0 Å². The Hall–Kier alpha value is -1.13. The van der Waals surface area contributed by atoms with Gasteiger partial charge >= 0.3 is 0 Å². The van der Waals surface area contributed by atoms with Gasteiger partial charge in [0.2, 0.25) is 0 Å². The van der Waals surface area contributed by atoms with Crippen LogP contribution in [0.1, 0.15) is 30.8 Å². The first kappa shape index (κ1) is 12.9. The summed E-state index contributed by atoms with van der Waals surface area (Å²) in [4.78, 5) is 15.7. The number of pyridine rings is 1. The predicted octanol–water partition coefficient (Wildman–Crippen LogP) is 1.63. The van der Waals surface area contributed by atoms with Crippen LogP contribution >= 0.6 is 11.6 Å². The Morgan fingerprint density at radius 1 is 1.62 bits per heavy atom. The number of hydrogen-bond donors (Lipinski definition) is 2. The quantitative estimate of drug-likeness (QED) is 0.789. The van der Waals surface area contributed by atoms with Crippen LogP contribution in [0.25, 0.3) is 0 Å². The second-order valence-corrected chi connectivity index (χ2v) is 4.26. The molecule has 1 aromatic heterocycles. The molecule has 1 atom stereocenters. The molecule has 1 amide bonds. The number of aliphatic hydroxyl groups is 1. The number of hydrogen-bond acceptors (Lipinski definition) is 3. The monoisotopic (exact) mass is 242 g/mol. The largest absolute Gasteiger partial charge is 0.394 e. The molecule has 5 heteroatoms. The van der Waals surface area contributed by atoms with Crippen LogP contribution in [0.5, 0.6) is 0 Å². The van der Waals surface area contributed by atoms with E-state index in [1.54, 1.807) is 25.1 Å². The Labute approximate surface area is 99.6 Å². The van der Waals surface area contributed by atoms with Crippen LogP contribution in [0.2, 0.25) is 5.15 Å². The zero-order valence-electron chi connectivity index (χ0n) is 9.33. The molecule has 0 saturated heterocycles. The minimum absolute atomic E-state index is 0.115. The van der Waals surface area contributed by atoms with Gasteiger partial charge in [0.15, 0.2) is 0 Å². The van der Waals surface area contributed by atoms with Crippen molar-refractivity contribution < 1.29 is 9.90 Å². The zero-order chi connectivity index (χ0) is 12.2. The van der Waals surface area contributed by atoms with E-state index in [4.69, 9.17) is 11.6 Å². The summed E-state index contributed by atoms with van der Waals surface area (Å²) < 4.78 is 0. The number of carbonyl (C=O) groups excluding carboxylic acids is 1. The van der Waals surface area contributed by atoms with Crippen molar-refractivity contribution in [2.24, 2.45) is 0 Å². The van der Waals surface area contributed by atoms with E-state index in [0.29, 0.717) is 6.42 Å². The molecule has 0 bridgehead atoms. The van der Waals surface area contributed by atoms with E-state index < -0.39 is 5.54 Å². The lowest BCUT2D eigenvalue weighted by atomic mass is 10.00. The maximum absolute atomic E-state index is 11.8. The number of rotatable bonds is 4. The molecule has 88 valence electrons. The summed E-state index contributed by atoms with van der Waals surface area (Å²) in [6.45, 7) is 3.55. The van der Waals surface area contributed by atoms with E-state index in [0.717, 1.165) is 0 Å². The summed E-state index contributed by atoms with van der Waals surface area (Å²) in [7, 11) is 0. The smallest absolute Gasteiger partial charge is 0.270 e. The molecule has 0 aliphatic rings. The van der Waals surface area contributed by atoms with Gasteiger partial charge in [0, 0.05) is 0 Å². The summed E-state index contributed by atoms with van der Waals surface area (Å²) in [5, 5.41) is 12.2. The lowest BCUT2D eigenvalue weighted by molar-refractivity contribution is 0.0842. The molecule has 0 spiro atoms. The van der Waals surface area contributed by atoms with Crippen molar-refractivity contribution in [1.29, 1.82) is 0 Å². The molecule has 0 aliphatic carbocycles. The summed E-state index contributed by atoms with van der Waals surface area (Å²) in [5.41, 5.74) is -0.373. The molecule has 16 heavy (non-hydrogen) atoms. The highest BCUT2D eigenvalue weighted by Crippen LogP contribution is 2.10. The Bertz CT molecular complexity index is 378. The van der Waals surface area contributed by atoms with Crippen molar-refractivity contribution in [2.75, 3.05) is 6.61 Å². The number of carbonyl (C=O) groups is 1. The molecule has 0 fully saturated rings. The molecule has 0 radical (unpaired) electrons. The van der Waals surface area contributed by atoms with Crippen LogP contribution in [0.15, 0.2) is 18.2 Å². The second-order valence-electron chi connectivity index (χ2n) is 3.87. The van der Waals surface area contributed by atoms with Crippen LogP contribution < -0.4 is 5.32 Å². The zero-order valence-corrected chi connectivity index (χ0v) is 10.1. The first-order valence-corrected chi connectivity index (χ1v) is 5.44. The molecule has 1 heterocycles. The Balaban J connectivity index is 2.80. The maximum Gasteiger partial charge on any atom is 0.270 e. The van der Waals surface area contributed by atoms with Crippen molar-refractivity contribution in [2.45, 2.75) is 25.8 Å². The molecular weight excluding hydrogens is 228 g/mol. The fourth-order valence-corrected chi connectivity index (χ4v) is 1.28. The van der Waals surface area contributed by atoms with E-state index in [1.807, 2.05) is 6.92 Å². The summed E-state index contributed by atoms with van der Waals surface area (Å²) in [5.74, 6) is -0.332. The number of aromatic nitrogens is 1. The topological polar surface area (TPSA) is 62.2 Å². The Morgan fingerprint density at radius 2 is 2.31 bits per heavy atom. The first-order chi connectivity index (χ1) is 7.50. The lowest BCUT2D eigenvalue weighted by Crippen LogP contribution is -2.48. The van der Waals surface area contributed by atoms with Gasteiger partial charge < -0.3 is 10.4 Å². The van der Waals surface area contributed by atoms with Gasteiger partial charge in [-0.2, -0.15) is 0 Å². The fraction of sp³-hybridized carbons (Fsp3) is 0.455. The average Bonchev–Trinajstić information content (AvgIpc) is 2.29. The Kier molecular flexibility index (Phi) is 4.26. The van der Waals surface area contributed by atoms with Gasteiger partial charge in [0.25, 0.3) is 5.91 Å². The highest BCUT2D eigenvalue weighted by molar-refractivity contribution is 6.29. The van der Waals surface area contributed by atoms with Crippen LogP contribution in [0.3, 0.4) is 0 Å². The minimum Gasteiger partial charge on any atom is -0.394 e. The standard InChI is InChI=1S/C11H15ClN2O2/c1-3-11(2,7-15)14-10(16)8-5-4-6-9(12)13-8/h4-6,15H,3,7H2,1-2H3,(H,14,16). The number of aliphatic hydroxyl groups excluding tert-OH is 1. The molecule has 2 N–H and O–H groups in total. The van der Waals surface area contributed by atoms with Crippen LogP contribution in [0, 0.1) is 0 Å². The van der Waals surface area contributed by atoms with E-state index >= 15 is 0 Å². The van der Waals surface area contributed by atoms with Crippen molar-refractivity contribution in [3.8, 4) is 0 Å². The van der Waals surface area contributed by atoms with E-state index in [2.05, 4.69) is 10.3 Å². The summed E-state index contributed by atoms with van der Waals surface area (Å²) in [6, 6.07) is 4.84. The number of amides is 1. The maximum atomic E-state index is 11.8. The van der Waals surface area contributed by atoms with Crippen LogP contribution in [-0.4, -0.2) is 28.1 Å². The molecule has 1 unspecified atom stereocenters. The normalized spacial score (nSPS) is 14.2. The second kappa shape index (κ2) is 5.27. The third-order valence-corrected chi connectivity index (χ3v) is 2.70. The van der Waals surface area contributed by atoms with Crippen LogP contribution in [0.4, 0.5) is 0 Å². The number of nitrogens with zero attached hydrogens (tertiary/aromatic N) is 1. The lowest BCUT2D eigenvalue weighted by Gasteiger charge is -2.26. The van der Waals surface area contributed by atoms with E-state index in [9.17, 15) is 9.90 Å². The minimum atomic E-state index is -0.624. The van der Waals surface area contributed by atoms with Gasteiger partial charge in [-0.15, -0.1) is 0 Å². The van der Waals surface area contributed by atoms with Crippen LogP contribution in [-0.2, 0) is 0 Å². The number of halogens is 1. The molecule has 0 aromatic carbocycles. The Morgan fingerprint density at radius 3 is 2.81 bits per heavy atom. The van der Waals surface area contributed by atoms with Crippen molar-refractivity contribution in [1.82, 2.24) is 10.3 Å². The summed E-state index contributed by atoms with van der Waals surface area (Å²) in [6.07, 6.45) is 0.635. The molecular formula is C11H15ClN2O2. The van der Waals surface area contributed by atoms with Gasteiger partial charge in [0.1, 0.15) is 10.8 Å². The predicted molar refractivity (Wildman–Crippen MR) is 62.5 cm³/mol. The molecule has 1 aromatic rings. The van der Waals surface area contributed by atoms with Gasteiger partial charge in [-0.05, 0) is 25.5 Å². The molecule has 0 aliphatic heterocycles. The van der Waals surface area contributed by atoms with Gasteiger partial charge in [0.05, 0.1) is 12.1 Å². The summed E-state index contributed by atoms with van der Waals surface area (Å²) >= 11 is 5.69. The highest BCUT2D eigenvalue weighted by atomic mass is 35.5. The highest BCUT2D eigenvalue weighted by Gasteiger charge is 2.24. The fourth-order valence-electron chi connectivity index (χ4n) is 1.11. The first-order valence-electron chi connectivity index (χ1n) is 5.06. The van der Waals surface area contributed by atoms with E-state index in [-0.39, 0.29) is 23.4 Å². The third kappa shape index (κ3) is 3.18. The van der Waals surface area contributed by atoms with Gasteiger partial charge in [-0.25, -0.2) is 4.98 Å². The van der Waals surface area contributed by atoms with E-state index in [1.165, 1.54) is 0 Å². The third-order valence-electron chi connectivity index (χ3n) is 2.49. The SMILES string of the molecule is CCC(C)(CO)NC(=O)c1cccc(Cl)n1.